The minimum atomic E-state index is -4.86. The predicted octanol–water partition coefficient (Wildman–Crippen LogP) is 2.63. The zero-order chi connectivity index (χ0) is 19.4. The summed E-state index contributed by atoms with van der Waals surface area (Å²) in [6, 6.07) is 8.88. The van der Waals surface area contributed by atoms with Crippen LogP contribution in [0.4, 0.5) is 28.9 Å². The van der Waals surface area contributed by atoms with Gasteiger partial charge in [0.15, 0.2) is 6.61 Å². The fraction of sp³-hybridized carbons (Fsp3) is 0.125. The van der Waals surface area contributed by atoms with Gasteiger partial charge in [0, 0.05) is 11.8 Å². The first-order chi connectivity index (χ1) is 12.8. The Morgan fingerprint density at radius 1 is 1.22 bits per heavy atom. The molecule has 0 aromatic heterocycles. The topological polar surface area (TPSA) is 78.0 Å². The third-order valence-corrected chi connectivity index (χ3v) is 3.43. The van der Waals surface area contributed by atoms with Crippen molar-refractivity contribution < 1.29 is 27.1 Å². The number of carbonyl (C=O) groups excluding carboxylic acids is 1. The third kappa shape index (κ3) is 4.64. The molecular formula is C16H13F4N5O2. The van der Waals surface area contributed by atoms with E-state index in [0.717, 1.165) is 6.07 Å². The number of amides is 1. The van der Waals surface area contributed by atoms with Gasteiger partial charge in [0.25, 0.3) is 5.91 Å². The van der Waals surface area contributed by atoms with Crippen LogP contribution in [-0.2, 0) is 11.0 Å². The SMILES string of the molecule is O=C(COc1cccc(N2C=NNN2)c1)Nc1ccc(F)c(C(F)(F)F)c1. The fourth-order valence-corrected chi connectivity index (χ4v) is 2.22. The third-order valence-electron chi connectivity index (χ3n) is 3.43. The van der Waals surface area contributed by atoms with E-state index in [9.17, 15) is 22.4 Å². The number of benzene rings is 2. The smallest absolute Gasteiger partial charge is 0.419 e. The summed E-state index contributed by atoms with van der Waals surface area (Å²) < 4.78 is 56.7. The molecule has 3 N–H and O–H groups in total. The molecule has 7 nitrogen and oxygen atoms in total. The molecule has 3 rings (SSSR count). The molecule has 0 spiro atoms. The van der Waals surface area contributed by atoms with Crippen LogP contribution in [0.1, 0.15) is 5.56 Å². The second-order valence-electron chi connectivity index (χ2n) is 5.36. The summed E-state index contributed by atoms with van der Waals surface area (Å²) in [5, 5.41) is 7.55. The van der Waals surface area contributed by atoms with E-state index in [0.29, 0.717) is 23.6 Å². The van der Waals surface area contributed by atoms with E-state index in [4.69, 9.17) is 4.74 Å². The summed E-state index contributed by atoms with van der Waals surface area (Å²) in [4.78, 5) is 11.9. The standard InChI is InChI=1S/C16H13F4N5O2/c17-14-5-4-10(6-13(14)16(18,19)20)22-15(26)8-27-12-3-1-2-11(7-12)25-9-21-23-24-25/h1-7,9,23-24H,8H2,(H,22,26). The van der Waals surface area contributed by atoms with Crippen molar-refractivity contribution in [1.82, 2.24) is 11.1 Å². The van der Waals surface area contributed by atoms with Gasteiger partial charge in [-0.25, -0.2) is 14.9 Å². The van der Waals surface area contributed by atoms with Crippen LogP contribution in [-0.4, -0.2) is 18.9 Å². The monoisotopic (exact) mass is 383 g/mol. The summed E-state index contributed by atoms with van der Waals surface area (Å²) in [6.07, 6.45) is -3.37. The van der Waals surface area contributed by atoms with Crippen LogP contribution in [0.3, 0.4) is 0 Å². The number of rotatable bonds is 5. The molecule has 1 aliphatic rings. The van der Waals surface area contributed by atoms with Crippen LogP contribution >= 0.6 is 0 Å². The molecule has 1 amide bonds. The van der Waals surface area contributed by atoms with Crippen LogP contribution in [0.2, 0.25) is 0 Å². The summed E-state index contributed by atoms with van der Waals surface area (Å²) in [6.45, 7) is -0.443. The molecule has 0 radical (unpaired) electrons. The Kier molecular flexibility index (Phi) is 5.12. The van der Waals surface area contributed by atoms with Crippen molar-refractivity contribution in [3.05, 3.63) is 53.8 Å². The van der Waals surface area contributed by atoms with Gasteiger partial charge in [-0.2, -0.15) is 18.3 Å². The molecule has 0 bridgehead atoms. The highest BCUT2D eigenvalue weighted by Gasteiger charge is 2.34. The highest BCUT2D eigenvalue weighted by molar-refractivity contribution is 5.92. The molecule has 1 heterocycles. The number of anilines is 2. The summed E-state index contributed by atoms with van der Waals surface area (Å²) in [5.74, 6) is -1.75. The molecular weight excluding hydrogens is 370 g/mol. The zero-order valence-electron chi connectivity index (χ0n) is 13.5. The fourth-order valence-electron chi connectivity index (χ4n) is 2.22. The Hall–Kier alpha value is -3.34. The van der Waals surface area contributed by atoms with Crippen molar-refractivity contribution in [1.29, 1.82) is 0 Å². The Balaban J connectivity index is 1.60. The summed E-state index contributed by atoms with van der Waals surface area (Å²) in [5.41, 5.74) is 4.28. The molecule has 0 aliphatic carbocycles. The minimum absolute atomic E-state index is 0.186. The van der Waals surface area contributed by atoms with Crippen LogP contribution in [0.5, 0.6) is 5.75 Å². The molecule has 1 aliphatic heterocycles. The van der Waals surface area contributed by atoms with Crippen LogP contribution < -0.4 is 26.1 Å². The van der Waals surface area contributed by atoms with Crippen molar-refractivity contribution in [2.24, 2.45) is 5.10 Å². The van der Waals surface area contributed by atoms with Gasteiger partial charge in [-0.3, -0.25) is 4.79 Å². The minimum Gasteiger partial charge on any atom is -0.484 e. The Morgan fingerprint density at radius 3 is 2.74 bits per heavy atom. The van der Waals surface area contributed by atoms with Gasteiger partial charge in [-0.15, -0.1) is 5.53 Å². The number of carbonyl (C=O) groups is 1. The molecule has 2 aromatic rings. The van der Waals surface area contributed by atoms with Crippen molar-refractivity contribution in [2.75, 3.05) is 16.9 Å². The van der Waals surface area contributed by atoms with Gasteiger partial charge >= 0.3 is 6.18 Å². The van der Waals surface area contributed by atoms with E-state index in [1.807, 2.05) is 0 Å². The van der Waals surface area contributed by atoms with Crippen molar-refractivity contribution in [3.8, 4) is 5.75 Å². The summed E-state index contributed by atoms with van der Waals surface area (Å²) >= 11 is 0. The Bertz CT molecular complexity index is 872. The molecule has 0 fully saturated rings. The second kappa shape index (κ2) is 7.50. The van der Waals surface area contributed by atoms with E-state index >= 15 is 0 Å². The number of nitrogens with one attached hydrogen (secondary N) is 3. The van der Waals surface area contributed by atoms with E-state index in [1.54, 1.807) is 29.3 Å². The molecule has 0 atom stereocenters. The lowest BCUT2D eigenvalue weighted by molar-refractivity contribution is -0.140. The normalized spacial score (nSPS) is 13.4. The summed E-state index contributed by atoms with van der Waals surface area (Å²) in [7, 11) is 0. The average Bonchev–Trinajstić information content (AvgIpc) is 3.16. The second-order valence-corrected chi connectivity index (χ2v) is 5.36. The molecule has 11 heteroatoms. The van der Waals surface area contributed by atoms with Gasteiger partial charge < -0.3 is 10.1 Å². The van der Waals surface area contributed by atoms with E-state index in [-0.39, 0.29) is 5.69 Å². The lowest BCUT2D eigenvalue weighted by Gasteiger charge is -2.15. The quantitative estimate of drug-likeness (QED) is 0.692. The number of hydrazine groups is 2. The number of hydrogen-bond acceptors (Lipinski definition) is 6. The van der Waals surface area contributed by atoms with Gasteiger partial charge in [-0.05, 0) is 30.3 Å². The molecule has 0 unspecified atom stereocenters. The van der Waals surface area contributed by atoms with Gasteiger partial charge in [0.05, 0.1) is 11.3 Å². The first kappa shape index (κ1) is 18.5. The zero-order valence-corrected chi connectivity index (χ0v) is 13.5. The first-order valence-electron chi connectivity index (χ1n) is 7.55. The maximum atomic E-state index is 13.3. The number of alkyl halides is 3. The van der Waals surface area contributed by atoms with Crippen molar-refractivity contribution in [3.63, 3.8) is 0 Å². The molecule has 0 saturated carbocycles. The highest BCUT2D eigenvalue weighted by Crippen LogP contribution is 2.33. The average molecular weight is 383 g/mol. The number of halogens is 4. The number of ether oxygens (including phenoxy) is 1. The molecule has 0 saturated heterocycles. The molecule has 142 valence electrons. The maximum absolute atomic E-state index is 13.3. The molecule has 27 heavy (non-hydrogen) atoms. The Morgan fingerprint density at radius 2 is 2.04 bits per heavy atom. The van der Waals surface area contributed by atoms with E-state index in [1.165, 1.54) is 6.34 Å². The number of nitrogens with zero attached hydrogens (tertiary/aromatic N) is 2. The van der Waals surface area contributed by atoms with E-state index < -0.39 is 30.1 Å². The van der Waals surface area contributed by atoms with Crippen molar-refractivity contribution >= 4 is 23.6 Å². The Labute approximate surface area is 150 Å². The van der Waals surface area contributed by atoms with Gasteiger partial charge in [-0.1, -0.05) is 6.07 Å². The largest absolute Gasteiger partial charge is 0.484 e. The van der Waals surface area contributed by atoms with Crippen LogP contribution in [0, 0.1) is 5.82 Å². The first-order valence-corrected chi connectivity index (χ1v) is 7.55. The predicted molar refractivity (Wildman–Crippen MR) is 89.2 cm³/mol. The van der Waals surface area contributed by atoms with Crippen molar-refractivity contribution in [2.45, 2.75) is 6.18 Å². The van der Waals surface area contributed by atoms with Crippen LogP contribution in [0.25, 0.3) is 0 Å². The van der Waals surface area contributed by atoms with Gasteiger partial charge in [0.1, 0.15) is 17.9 Å². The molecule has 2 aromatic carbocycles. The lowest BCUT2D eigenvalue weighted by atomic mass is 10.2. The number of hydrazone groups is 1. The van der Waals surface area contributed by atoms with Crippen LogP contribution in [0.15, 0.2) is 47.6 Å². The maximum Gasteiger partial charge on any atom is 0.419 e. The highest BCUT2D eigenvalue weighted by atomic mass is 19.4. The number of hydrogen-bond donors (Lipinski definition) is 3. The lowest BCUT2D eigenvalue weighted by Crippen LogP contribution is -2.37. The van der Waals surface area contributed by atoms with E-state index in [2.05, 4.69) is 21.5 Å². The van der Waals surface area contributed by atoms with Gasteiger partial charge in [0.2, 0.25) is 0 Å².